The van der Waals surface area contributed by atoms with Gasteiger partial charge < -0.3 is 5.73 Å². The van der Waals surface area contributed by atoms with E-state index in [4.69, 9.17) is 5.73 Å². The lowest BCUT2D eigenvalue weighted by molar-refractivity contribution is 0.839. The number of anilines is 1. The smallest absolute Gasteiger partial charge is 0.131 e. The summed E-state index contributed by atoms with van der Waals surface area (Å²) < 4.78 is 1.01. The summed E-state index contributed by atoms with van der Waals surface area (Å²) in [6.45, 7) is 2.10. The monoisotopic (exact) mass is 291 g/mol. The predicted octanol–water partition coefficient (Wildman–Crippen LogP) is 3.44. The van der Waals surface area contributed by atoms with Crippen LogP contribution in [0.1, 0.15) is 19.2 Å². The van der Waals surface area contributed by atoms with Gasteiger partial charge in [-0.05, 0) is 12.5 Å². The van der Waals surface area contributed by atoms with Crippen molar-refractivity contribution in [3.63, 3.8) is 0 Å². The molecule has 1 aromatic heterocycles. The number of nitrogen functional groups attached to an aromatic ring is 1. The van der Waals surface area contributed by atoms with Gasteiger partial charge in [0.1, 0.15) is 11.6 Å². The van der Waals surface area contributed by atoms with Gasteiger partial charge in [0.2, 0.25) is 0 Å². The number of nitrogens with zero attached hydrogens (tertiary/aromatic N) is 2. The first-order valence-corrected chi connectivity index (χ1v) is 6.38. The molecule has 2 rings (SSSR count). The van der Waals surface area contributed by atoms with Crippen LogP contribution in [-0.4, -0.2) is 9.97 Å². The molecular weight excluding hydrogens is 278 g/mol. The van der Waals surface area contributed by atoms with Crippen LogP contribution in [0.3, 0.4) is 0 Å². The molecule has 88 valence electrons. The Kier molecular flexibility index (Phi) is 3.74. The summed E-state index contributed by atoms with van der Waals surface area (Å²) in [7, 11) is 0. The fraction of sp³-hybridized carbons (Fsp3) is 0.231. The van der Waals surface area contributed by atoms with Crippen molar-refractivity contribution in [3.8, 4) is 11.3 Å². The minimum Gasteiger partial charge on any atom is -0.384 e. The first-order valence-electron chi connectivity index (χ1n) is 5.59. The van der Waals surface area contributed by atoms with Gasteiger partial charge in [0.05, 0.1) is 5.69 Å². The van der Waals surface area contributed by atoms with E-state index in [1.807, 2.05) is 24.3 Å². The van der Waals surface area contributed by atoms with Crippen LogP contribution in [0.5, 0.6) is 0 Å². The predicted molar refractivity (Wildman–Crippen MR) is 73.6 cm³/mol. The summed E-state index contributed by atoms with van der Waals surface area (Å²) in [6.07, 6.45) is 1.86. The van der Waals surface area contributed by atoms with Crippen molar-refractivity contribution >= 4 is 21.7 Å². The van der Waals surface area contributed by atoms with E-state index in [1.165, 1.54) is 0 Å². The lowest BCUT2D eigenvalue weighted by Crippen LogP contribution is -2.01. The normalized spacial score (nSPS) is 10.5. The molecule has 0 atom stereocenters. The van der Waals surface area contributed by atoms with E-state index in [1.54, 1.807) is 6.07 Å². The Bertz CT molecular complexity index is 526. The van der Waals surface area contributed by atoms with E-state index in [2.05, 4.69) is 32.8 Å². The van der Waals surface area contributed by atoms with E-state index in [0.29, 0.717) is 5.82 Å². The number of nitrogens with two attached hydrogens (primary N) is 1. The summed E-state index contributed by atoms with van der Waals surface area (Å²) >= 11 is 3.52. The molecule has 0 aliphatic heterocycles. The number of hydrogen-bond donors (Lipinski definition) is 1. The molecule has 0 amide bonds. The summed E-state index contributed by atoms with van der Waals surface area (Å²) in [5.74, 6) is 1.33. The van der Waals surface area contributed by atoms with Crippen LogP contribution in [0.2, 0.25) is 0 Å². The minimum atomic E-state index is 0.522. The maximum absolute atomic E-state index is 5.81. The number of benzene rings is 1. The number of aryl methyl sites for hydroxylation is 1. The van der Waals surface area contributed by atoms with E-state index < -0.39 is 0 Å². The van der Waals surface area contributed by atoms with Gasteiger partial charge in [-0.25, -0.2) is 9.97 Å². The summed E-state index contributed by atoms with van der Waals surface area (Å²) in [5.41, 5.74) is 7.72. The highest BCUT2D eigenvalue weighted by Gasteiger charge is 2.07. The van der Waals surface area contributed by atoms with Gasteiger partial charge in [-0.3, -0.25) is 0 Å². The summed E-state index contributed by atoms with van der Waals surface area (Å²) in [4.78, 5) is 8.76. The quantitative estimate of drug-likeness (QED) is 0.942. The van der Waals surface area contributed by atoms with Gasteiger partial charge in [0.15, 0.2) is 0 Å². The van der Waals surface area contributed by atoms with Crippen molar-refractivity contribution < 1.29 is 0 Å². The van der Waals surface area contributed by atoms with Gasteiger partial charge in [-0.15, -0.1) is 0 Å². The Morgan fingerprint density at radius 1 is 1.24 bits per heavy atom. The molecule has 2 aromatic rings. The summed E-state index contributed by atoms with van der Waals surface area (Å²) in [6, 6.07) is 9.77. The largest absolute Gasteiger partial charge is 0.384 e. The highest BCUT2D eigenvalue weighted by Crippen LogP contribution is 2.27. The molecule has 1 aromatic carbocycles. The Hall–Kier alpha value is -1.42. The van der Waals surface area contributed by atoms with E-state index >= 15 is 0 Å². The summed E-state index contributed by atoms with van der Waals surface area (Å²) in [5, 5.41) is 0. The topological polar surface area (TPSA) is 51.8 Å². The van der Waals surface area contributed by atoms with E-state index in [-0.39, 0.29) is 0 Å². The molecule has 0 aliphatic rings. The lowest BCUT2D eigenvalue weighted by Gasteiger charge is -2.06. The van der Waals surface area contributed by atoms with Gasteiger partial charge in [0, 0.05) is 22.5 Å². The molecule has 0 saturated heterocycles. The lowest BCUT2D eigenvalue weighted by atomic mass is 10.1. The Morgan fingerprint density at radius 3 is 2.71 bits per heavy atom. The first kappa shape index (κ1) is 12.0. The average molecular weight is 292 g/mol. The van der Waals surface area contributed by atoms with Crippen LogP contribution in [0.15, 0.2) is 34.8 Å². The molecule has 4 heteroatoms. The highest BCUT2D eigenvalue weighted by atomic mass is 79.9. The number of rotatable bonds is 3. The van der Waals surface area contributed by atoms with E-state index in [0.717, 1.165) is 34.4 Å². The zero-order valence-corrected chi connectivity index (χ0v) is 11.2. The molecule has 0 bridgehead atoms. The molecule has 17 heavy (non-hydrogen) atoms. The zero-order chi connectivity index (χ0) is 12.3. The third-order valence-electron chi connectivity index (χ3n) is 2.42. The van der Waals surface area contributed by atoms with Gasteiger partial charge in [0.25, 0.3) is 0 Å². The van der Waals surface area contributed by atoms with Gasteiger partial charge in [-0.2, -0.15) is 0 Å². The standard InChI is InChI=1S/C13H14BrN3/c1-2-5-13-16-11(8-12(15)17-13)9-6-3-4-7-10(9)14/h3-4,6-8H,2,5H2,1H3,(H2,15,16,17). The van der Waals surface area contributed by atoms with Crippen molar-refractivity contribution in [2.75, 3.05) is 5.73 Å². The maximum atomic E-state index is 5.81. The third kappa shape index (κ3) is 2.82. The van der Waals surface area contributed by atoms with Crippen LogP contribution >= 0.6 is 15.9 Å². The molecule has 0 spiro atoms. The van der Waals surface area contributed by atoms with Gasteiger partial charge in [-0.1, -0.05) is 41.1 Å². The highest BCUT2D eigenvalue weighted by molar-refractivity contribution is 9.10. The van der Waals surface area contributed by atoms with Crippen LogP contribution in [0, 0.1) is 0 Å². The fourth-order valence-corrected chi connectivity index (χ4v) is 2.15. The Balaban J connectivity index is 2.48. The molecule has 0 radical (unpaired) electrons. The first-order chi connectivity index (χ1) is 8.20. The SMILES string of the molecule is CCCc1nc(N)cc(-c2ccccc2Br)n1. The fourth-order valence-electron chi connectivity index (χ4n) is 1.66. The van der Waals surface area contributed by atoms with Crippen molar-refractivity contribution in [1.82, 2.24) is 9.97 Å². The van der Waals surface area contributed by atoms with Crippen LogP contribution in [-0.2, 0) is 6.42 Å². The van der Waals surface area contributed by atoms with Crippen LogP contribution in [0.25, 0.3) is 11.3 Å². The zero-order valence-electron chi connectivity index (χ0n) is 9.65. The number of aromatic nitrogens is 2. The Labute approximate surface area is 109 Å². The second-order valence-electron chi connectivity index (χ2n) is 3.82. The molecule has 3 nitrogen and oxygen atoms in total. The Morgan fingerprint density at radius 2 is 2.00 bits per heavy atom. The second-order valence-corrected chi connectivity index (χ2v) is 4.68. The van der Waals surface area contributed by atoms with Crippen molar-refractivity contribution in [2.24, 2.45) is 0 Å². The molecule has 0 aliphatic carbocycles. The second kappa shape index (κ2) is 5.27. The van der Waals surface area contributed by atoms with E-state index in [9.17, 15) is 0 Å². The molecule has 1 heterocycles. The molecule has 2 N–H and O–H groups in total. The average Bonchev–Trinajstić information content (AvgIpc) is 2.29. The van der Waals surface area contributed by atoms with Crippen molar-refractivity contribution in [1.29, 1.82) is 0 Å². The van der Waals surface area contributed by atoms with Crippen molar-refractivity contribution in [3.05, 3.63) is 40.6 Å². The molecule has 0 fully saturated rings. The minimum absolute atomic E-state index is 0.522. The van der Waals surface area contributed by atoms with Crippen molar-refractivity contribution in [2.45, 2.75) is 19.8 Å². The molecule has 0 unspecified atom stereocenters. The third-order valence-corrected chi connectivity index (χ3v) is 3.11. The maximum Gasteiger partial charge on any atom is 0.131 e. The molecule has 0 saturated carbocycles. The number of halogens is 1. The van der Waals surface area contributed by atoms with Crippen LogP contribution in [0.4, 0.5) is 5.82 Å². The van der Waals surface area contributed by atoms with Gasteiger partial charge >= 0.3 is 0 Å². The van der Waals surface area contributed by atoms with Crippen LogP contribution < -0.4 is 5.73 Å². The number of hydrogen-bond acceptors (Lipinski definition) is 3. The molecular formula is C13H14BrN3.